The first-order chi connectivity index (χ1) is 55.4. The van der Waals surface area contributed by atoms with Crippen molar-refractivity contribution in [1.82, 2.24) is 10.6 Å². The number of carboxylic acid groups (broad SMARTS) is 2. The van der Waals surface area contributed by atoms with E-state index < -0.39 is 87.5 Å². The fraction of sp³-hybridized carbons (Fsp3) is 0.494. The molecule has 120 heavy (non-hydrogen) atoms. The molecule has 2 unspecified atom stereocenters. The number of nitrogens with one attached hydrogen (secondary N) is 4. The maximum Gasteiger partial charge on any atom is 0.343 e. The number of benzene rings is 5. The zero-order valence-electron chi connectivity index (χ0n) is 70.0. The molecule has 660 valence electrons. The highest BCUT2D eigenvalue weighted by molar-refractivity contribution is 6.26. The molecule has 1 aliphatic heterocycles. The van der Waals surface area contributed by atoms with Crippen LogP contribution in [0.15, 0.2) is 151 Å². The number of aliphatic hydroxyl groups is 4. The van der Waals surface area contributed by atoms with Crippen LogP contribution in [-0.2, 0) is 75.8 Å². The van der Waals surface area contributed by atoms with Crippen molar-refractivity contribution in [2.45, 2.75) is 185 Å². The SMILES string of the molecule is CCC(=O)OCC(=O)[C@@]1(OC(=O)CC)[C@@H](C)C[C@H]2[C@@H]3CCC4=CC(=O)C=C[C@]4(C)[C@@]3(Cl)[C@@H](O)C[C@@]21C.COc1ccc(C[C@@H](C)NC[C@H](O)c2ccc(O)c(NC=O)c2)cc1.COc1ccc(C[C@@H](C)NC[C@H](O)c2ccc(O)c(NC=O)c2)cc1.C[N+]1(C)CCC(OC(=O)C(O)(c2ccccc2)C2CCCC2)C1.O.O.O=C(O)/C=C/C(=O)O.[Br-]. The van der Waals surface area contributed by atoms with Gasteiger partial charge in [-0.1, -0.05) is 126 Å². The van der Waals surface area contributed by atoms with E-state index in [0.29, 0.717) is 74.0 Å². The van der Waals surface area contributed by atoms with Crippen LogP contribution in [-0.4, -0.2) is 206 Å². The fourth-order valence-corrected chi connectivity index (χ4v) is 17.9. The largest absolute Gasteiger partial charge is 1.00 e. The number of allylic oxidation sites excluding steroid dienone is 4. The molecule has 0 aromatic heterocycles. The monoisotopic (exact) mass is 1760 g/mol. The molecule has 5 aromatic carbocycles. The first-order valence-electron chi connectivity index (χ1n) is 39.7. The summed E-state index contributed by atoms with van der Waals surface area (Å²) in [4.78, 5) is 103. The van der Waals surface area contributed by atoms with Crippen molar-refractivity contribution in [3.05, 3.63) is 179 Å². The predicted molar refractivity (Wildman–Crippen MR) is 447 cm³/mol. The van der Waals surface area contributed by atoms with Crippen molar-refractivity contribution in [1.29, 1.82) is 0 Å². The zero-order chi connectivity index (χ0) is 86.2. The number of quaternary nitrogens is 1. The van der Waals surface area contributed by atoms with Gasteiger partial charge in [0.2, 0.25) is 18.6 Å². The van der Waals surface area contributed by atoms with Gasteiger partial charge in [0.25, 0.3) is 0 Å². The molecule has 1 heterocycles. The van der Waals surface area contributed by atoms with Crippen molar-refractivity contribution in [3.8, 4) is 23.0 Å². The highest BCUT2D eigenvalue weighted by Crippen LogP contribution is 2.72. The number of aromatic hydroxyl groups is 2. The number of phenolic OH excluding ortho intramolecular Hbond substituents is 2. The van der Waals surface area contributed by atoms with Gasteiger partial charge < -0.3 is 118 Å². The van der Waals surface area contributed by atoms with E-state index in [1.54, 1.807) is 58.4 Å². The lowest BCUT2D eigenvalue weighted by atomic mass is 9.45. The van der Waals surface area contributed by atoms with E-state index in [0.717, 1.165) is 79.6 Å². The Morgan fingerprint density at radius 3 is 1.63 bits per heavy atom. The lowest BCUT2D eigenvalue weighted by Gasteiger charge is -2.64. The summed E-state index contributed by atoms with van der Waals surface area (Å²) in [5.74, 6) is -3.67. The third-order valence-electron chi connectivity index (χ3n) is 23.6. The molecular formula is C89H121BrClN5O24. The number of aliphatic hydroxyl groups excluding tert-OH is 3. The van der Waals surface area contributed by atoms with Crippen molar-refractivity contribution < 1.29 is 140 Å². The topological polar surface area (TPSA) is 473 Å². The predicted octanol–water partition coefficient (Wildman–Crippen LogP) is 6.06. The average molecular weight is 1760 g/mol. The minimum absolute atomic E-state index is 0. The number of aliphatic carboxylic acids is 2. The Kier molecular flexibility index (Phi) is 39.9. The van der Waals surface area contributed by atoms with Crippen molar-refractivity contribution in [3.63, 3.8) is 0 Å². The van der Waals surface area contributed by atoms with Crippen LogP contribution in [0, 0.1) is 34.5 Å². The van der Waals surface area contributed by atoms with E-state index in [2.05, 4.69) is 35.4 Å². The van der Waals surface area contributed by atoms with E-state index in [1.165, 1.54) is 29.3 Å². The maximum atomic E-state index is 13.9. The highest BCUT2D eigenvalue weighted by atomic mass is 79.9. The van der Waals surface area contributed by atoms with Crippen molar-refractivity contribution in [2.24, 2.45) is 34.5 Å². The van der Waals surface area contributed by atoms with Crippen LogP contribution in [0.25, 0.3) is 0 Å². The summed E-state index contributed by atoms with van der Waals surface area (Å²) in [6.07, 6.45) is 13.1. The molecule has 29 nitrogen and oxygen atoms in total. The Balaban J connectivity index is 0.000000328. The molecule has 2 amide bonds. The number of carbonyl (C=O) groups excluding carboxylic acids is 7. The number of halogens is 2. The zero-order valence-corrected chi connectivity index (χ0v) is 72.4. The molecule has 1 saturated heterocycles. The molecule has 5 aliphatic carbocycles. The number of carbonyl (C=O) groups is 9. The normalized spacial score (nSPS) is 24.1. The number of amides is 2. The number of likely N-dealkylation sites (tertiary alicyclic amines) is 1. The minimum atomic E-state index is -1.55. The smallest absolute Gasteiger partial charge is 0.343 e. The number of nitrogens with zero attached hydrogens (tertiary/aromatic N) is 1. The van der Waals surface area contributed by atoms with Crippen molar-refractivity contribution >= 4 is 77.2 Å². The summed E-state index contributed by atoms with van der Waals surface area (Å²) in [6.45, 7) is 15.3. The molecule has 16 N–H and O–H groups in total. The number of anilines is 2. The second-order valence-electron chi connectivity index (χ2n) is 32.0. The Morgan fingerprint density at radius 1 is 0.700 bits per heavy atom. The number of fused-ring (bicyclic) bond motifs is 5. The number of esters is 3. The number of rotatable bonds is 30. The summed E-state index contributed by atoms with van der Waals surface area (Å²) in [7, 11) is 7.57. The standard InChI is InChI=1S/C28H37ClO7.2C19H24N2O4.C19H28NO3.C4H4O4.BrH.2H2O/c1-6-23(33)35-15-22(32)28(36-24(34)7-2)16(3)12-20-19-9-8-17-13-18(30)10-11-25(17,4)27(19,29)21(31)14-26(20,28)5;2*1-13(9-14-3-6-16(25-2)7-4-14)20-11-19(24)15-5-8-18(23)17(10-15)21-12-22;1-20(2)13-12-17(14-20)23-18(21)19(22,16-10-6-7-11-16)15-8-4-3-5-9-15;5-3(6)1-2-4(7)8;;;/h10-11,13,16,19-21,31H,6-9,12,14-15H2,1-5H3;2*3-8,10,12-13,19-20,23-24H,9,11H2,1-2H3,(H,21,22);3-5,8-9,16-17,22H,6-7,10-14H2,1-2H3;1-2H,(H,5,6)(H,7,8);1H;2*1H2/q;;;+1;;;;/p-1/b;;;;2-1+;;;/t16-,19-,20-,21-,25-,26-,27-,28-;2*13-,19+;;;;;/m011...../s1. The molecule has 0 spiro atoms. The second kappa shape index (κ2) is 46.5. The van der Waals surface area contributed by atoms with Crippen LogP contribution in [0.4, 0.5) is 11.4 Å². The molecule has 14 atom stereocenters. The number of ether oxygens (including phenoxy) is 5. The lowest BCUT2D eigenvalue weighted by Crippen LogP contribution is -3.00. The molecule has 4 saturated carbocycles. The Hall–Kier alpha value is -9.44. The van der Waals surface area contributed by atoms with E-state index in [4.69, 9.17) is 45.5 Å². The van der Waals surface area contributed by atoms with E-state index in [-0.39, 0.29) is 118 Å². The third kappa shape index (κ3) is 25.6. The quantitative estimate of drug-likeness (QED) is 0.00473. The van der Waals surface area contributed by atoms with Gasteiger partial charge in [0.05, 0.1) is 69.4 Å². The van der Waals surface area contributed by atoms with E-state index in [1.807, 2.05) is 120 Å². The van der Waals surface area contributed by atoms with Gasteiger partial charge in [0.1, 0.15) is 29.5 Å². The number of hydrogen-bond acceptors (Lipinski definition) is 22. The molecule has 11 rings (SSSR count). The van der Waals surface area contributed by atoms with Crippen LogP contribution >= 0.6 is 11.6 Å². The number of likely N-dealkylation sites (N-methyl/N-ethyl adjacent to an activating group) is 1. The molecular weight excluding hydrogens is 1640 g/mol. The number of hydrogen-bond donors (Lipinski definition) is 12. The highest BCUT2D eigenvalue weighted by Gasteiger charge is 2.76. The van der Waals surface area contributed by atoms with Crippen LogP contribution in [0.3, 0.4) is 0 Å². The number of alkyl halides is 1. The van der Waals surface area contributed by atoms with Gasteiger partial charge in [-0.2, -0.15) is 0 Å². The molecule has 0 radical (unpaired) electrons. The summed E-state index contributed by atoms with van der Waals surface area (Å²) >= 11 is 7.48. The van der Waals surface area contributed by atoms with Gasteiger partial charge in [0, 0.05) is 79.3 Å². The van der Waals surface area contributed by atoms with E-state index >= 15 is 0 Å². The number of carboxylic acids is 2. The maximum absolute atomic E-state index is 13.9. The summed E-state index contributed by atoms with van der Waals surface area (Å²) < 4.78 is 28.2. The minimum Gasteiger partial charge on any atom is -1.00 e. The fourth-order valence-electron chi connectivity index (χ4n) is 17.4. The lowest BCUT2D eigenvalue weighted by molar-refractivity contribution is -0.879. The molecule has 0 bridgehead atoms. The summed E-state index contributed by atoms with van der Waals surface area (Å²) in [5, 5.41) is 90.1. The van der Waals surface area contributed by atoms with Gasteiger partial charge in [-0.05, 0) is 166 Å². The van der Waals surface area contributed by atoms with Gasteiger partial charge >= 0.3 is 29.8 Å². The molecule has 5 fully saturated rings. The molecule has 5 aromatic rings. The summed E-state index contributed by atoms with van der Waals surface area (Å²) in [5.41, 5.74) is 1.04. The molecule has 6 aliphatic rings. The van der Waals surface area contributed by atoms with Crippen LogP contribution in [0.1, 0.15) is 159 Å². The summed E-state index contributed by atoms with van der Waals surface area (Å²) in [6, 6.07) is 34.7. The van der Waals surface area contributed by atoms with Gasteiger partial charge in [0.15, 0.2) is 29.7 Å². The van der Waals surface area contributed by atoms with E-state index in [9.17, 15) is 73.8 Å². The number of Topliss-reactive ketones (excluding diaryl/α,β-unsaturated/α-hetero) is 1. The van der Waals surface area contributed by atoms with Gasteiger partial charge in [-0.3, -0.25) is 28.8 Å². The van der Waals surface area contributed by atoms with Crippen LogP contribution in [0.5, 0.6) is 23.0 Å². The second-order valence-corrected chi connectivity index (χ2v) is 32.6. The van der Waals surface area contributed by atoms with Crippen molar-refractivity contribution in [2.75, 3.05) is 71.7 Å². The number of ketones is 2. The van der Waals surface area contributed by atoms with Gasteiger partial charge in [-0.15, -0.1) is 11.6 Å². The van der Waals surface area contributed by atoms with Gasteiger partial charge in [-0.25, -0.2) is 14.4 Å². The molecule has 31 heteroatoms. The third-order valence-corrected chi connectivity index (χ3v) is 24.6. The number of phenols is 2. The average Bonchev–Trinajstić information content (AvgIpc) is 0.830. The van der Waals surface area contributed by atoms with Crippen LogP contribution in [0.2, 0.25) is 0 Å². The first-order valence-corrected chi connectivity index (χ1v) is 40.1. The van der Waals surface area contributed by atoms with Crippen LogP contribution < -0.4 is 47.7 Å². The Bertz CT molecular complexity index is 4180. The first kappa shape index (κ1) is 103. The Labute approximate surface area is 716 Å². The Morgan fingerprint density at radius 2 is 1.19 bits per heavy atom. The number of methoxy groups -OCH3 is 2.